The van der Waals surface area contributed by atoms with Crippen molar-refractivity contribution in [2.24, 2.45) is 16.6 Å². The molecule has 0 aromatic rings. The van der Waals surface area contributed by atoms with Crippen LogP contribution in [-0.4, -0.2) is 75.7 Å². The number of nitrogens with zero attached hydrogens (tertiary/aromatic N) is 2. The van der Waals surface area contributed by atoms with Crippen molar-refractivity contribution in [3.8, 4) is 0 Å². The van der Waals surface area contributed by atoms with Gasteiger partial charge in [0.1, 0.15) is 0 Å². The molecule has 0 radical (unpaired) electrons. The first kappa shape index (κ1) is 23.2. The zero-order valence-corrected chi connectivity index (χ0v) is 18.0. The Balaban J connectivity index is 0.00000338. The number of halogens is 1. The predicted molar refractivity (Wildman–Crippen MR) is 111 cm³/mol. The van der Waals surface area contributed by atoms with Gasteiger partial charge in [-0.2, -0.15) is 0 Å². The van der Waals surface area contributed by atoms with Crippen LogP contribution in [0.15, 0.2) is 4.99 Å². The van der Waals surface area contributed by atoms with E-state index < -0.39 is 0 Å². The molecular weight excluding hydrogens is 451 g/mol. The van der Waals surface area contributed by atoms with Crippen LogP contribution >= 0.6 is 24.0 Å². The Kier molecular flexibility index (Phi) is 11.9. The number of rotatable bonds is 8. The molecule has 2 heterocycles. The number of amides is 1. The Bertz CT molecular complexity index is 425. The molecule has 1 unspecified atom stereocenters. The molecule has 9 heteroatoms. The van der Waals surface area contributed by atoms with Gasteiger partial charge in [-0.05, 0) is 32.6 Å². The van der Waals surface area contributed by atoms with Crippen molar-refractivity contribution in [1.29, 1.82) is 0 Å². The maximum Gasteiger partial charge on any atom is 0.409 e. The summed E-state index contributed by atoms with van der Waals surface area (Å²) in [6.45, 7) is 7.41. The highest BCUT2D eigenvalue weighted by Gasteiger charge is 2.23. The van der Waals surface area contributed by atoms with Gasteiger partial charge >= 0.3 is 6.09 Å². The van der Waals surface area contributed by atoms with E-state index in [2.05, 4.69) is 10.3 Å². The highest BCUT2D eigenvalue weighted by Crippen LogP contribution is 2.12. The standard InChI is InChI=1S/C17H32N4O4.HI/c1-2-25-17(22)21-8-4-15(5-9-21)20-16(18)19-7-3-10-23-12-14-6-11-24-13-14;/h14-15H,2-13H2,1H3,(H3,18,19,20);1H. The summed E-state index contributed by atoms with van der Waals surface area (Å²) in [7, 11) is 0. The Hall–Kier alpha value is -0.810. The third-order valence-electron chi connectivity index (χ3n) is 4.48. The van der Waals surface area contributed by atoms with E-state index in [4.69, 9.17) is 19.9 Å². The van der Waals surface area contributed by atoms with E-state index in [0.29, 0.717) is 44.7 Å². The van der Waals surface area contributed by atoms with E-state index in [0.717, 1.165) is 45.5 Å². The maximum absolute atomic E-state index is 11.7. The summed E-state index contributed by atoms with van der Waals surface area (Å²) in [6, 6.07) is 0.257. The van der Waals surface area contributed by atoms with Gasteiger partial charge in [0.05, 0.1) is 19.8 Å². The van der Waals surface area contributed by atoms with E-state index in [1.54, 1.807) is 4.90 Å². The molecule has 0 aromatic carbocycles. The minimum Gasteiger partial charge on any atom is -0.450 e. The van der Waals surface area contributed by atoms with Crippen molar-refractivity contribution >= 4 is 36.0 Å². The lowest BCUT2D eigenvalue weighted by molar-refractivity contribution is 0.0893. The normalized spacial score (nSPS) is 21.3. The number of ether oxygens (including phenoxy) is 3. The second kappa shape index (κ2) is 13.4. The number of nitrogens with two attached hydrogens (primary N) is 1. The quantitative estimate of drug-likeness (QED) is 0.235. The Labute approximate surface area is 173 Å². The maximum atomic E-state index is 11.7. The first-order valence-electron chi connectivity index (χ1n) is 9.32. The first-order chi connectivity index (χ1) is 12.2. The van der Waals surface area contributed by atoms with Gasteiger partial charge in [-0.3, -0.25) is 4.99 Å². The number of carbonyl (C=O) groups excluding carboxylic acids is 1. The molecule has 0 saturated carbocycles. The van der Waals surface area contributed by atoms with Gasteiger partial charge in [0.15, 0.2) is 5.96 Å². The van der Waals surface area contributed by atoms with Gasteiger partial charge in [-0.1, -0.05) is 0 Å². The fourth-order valence-electron chi connectivity index (χ4n) is 3.01. The smallest absolute Gasteiger partial charge is 0.409 e. The van der Waals surface area contributed by atoms with Gasteiger partial charge in [-0.15, -0.1) is 24.0 Å². The Morgan fingerprint density at radius 2 is 2.12 bits per heavy atom. The van der Waals surface area contributed by atoms with E-state index in [-0.39, 0.29) is 36.1 Å². The number of nitrogens with one attached hydrogen (secondary N) is 1. The molecule has 0 spiro atoms. The number of guanidine groups is 1. The minimum atomic E-state index is -0.230. The van der Waals surface area contributed by atoms with Crippen molar-refractivity contribution in [2.75, 3.05) is 52.7 Å². The Morgan fingerprint density at radius 1 is 1.35 bits per heavy atom. The zero-order chi connectivity index (χ0) is 17.9. The lowest BCUT2D eigenvalue weighted by atomic mass is 10.1. The van der Waals surface area contributed by atoms with Crippen LogP contribution in [0, 0.1) is 5.92 Å². The van der Waals surface area contributed by atoms with Crippen LogP contribution in [0.2, 0.25) is 0 Å². The summed E-state index contributed by atoms with van der Waals surface area (Å²) in [5.41, 5.74) is 5.94. The largest absolute Gasteiger partial charge is 0.450 e. The summed E-state index contributed by atoms with van der Waals surface area (Å²) >= 11 is 0. The highest BCUT2D eigenvalue weighted by molar-refractivity contribution is 14.0. The molecule has 8 nitrogen and oxygen atoms in total. The summed E-state index contributed by atoms with van der Waals surface area (Å²) in [5, 5.41) is 3.24. The van der Waals surface area contributed by atoms with Gasteiger partial charge < -0.3 is 30.2 Å². The topological polar surface area (TPSA) is 98.4 Å². The number of likely N-dealkylation sites (tertiary alicyclic amines) is 1. The van der Waals surface area contributed by atoms with Gasteiger partial charge in [-0.25, -0.2) is 4.79 Å². The van der Waals surface area contributed by atoms with Crippen molar-refractivity contribution in [2.45, 2.75) is 38.6 Å². The number of piperidine rings is 1. The van der Waals surface area contributed by atoms with Crippen LogP contribution in [0.3, 0.4) is 0 Å². The van der Waals surface area contributed by atoms with E-state index in [9.17, 15) is 4.79 Å². The predicted octanol–water partition coefficient (Wildman–Crippen LogP) is 1.57. The molecule has 2 rings (SSSR count). The zero-order valence-electron chi connectivity index (χ0n) is 15.7. The van der Waals surface area contributed by atoms with E-state index >= 15 is 0 Å². The molecule has 3 N–H and O–H groups in total. The molecule has 0 aliphatic carbocycles. The van der Waals surface area contributed by atoms with E-state index in [1.165, 1.54) is 0 Å². The van der Waals surface area contributed by atoms with Crippen LogP contribution in [0.5, 0.6) is 0 Å². The fraction of sp³-hybridized carbons (Fsp3) is 0.882. The number of carbonyl (C=O) groups is 1. The molecule has 152 valence electrons. The molecule has 1 amide bonds. The Morgan fingerprint density at radius 3 is 2.77 bits per heavy atom. The number of hydrogen-bond donors (Lipinski definition) is 2. The van der Waals surface area contributed by atoms with Crippen LogP contribution in [0.1, 0.15) is 32.6 Å². The van der Waals surface area contributed by atoms with E-state index in [1.807, 2.05) is 6.92 Å². The minimum absolute atomic E-state index is 0. The van der Waals surface area contributed by atoms with Crippen molar-refractivity contribution < 1.29 is 19.0 Å². The molecule has 2 aliphatic rings. The summed E-state index contributed by atoms with van der Waals surface area (Å²) in [6.07, 6.45) is 3.43. The average molecular weight is 484 g/mol. The molecular formula is C17H33IN4O4. The number of hydrogen-bond acceptors (Lipinski definition) is 5. The number of aliphatic imine (C=N–C) groups is 1. The molecule has 2 fully saturated rings. The second-order valence-corrected chi connectivity index (χ2v) is 6.53. The van der Waals surface area contributed by atoms with Crippen molar-refractivity contribution in [3.05, 3.63) is 0 Å². The van der Waals surface area contributed by atoms with Gasteiger partial charge in [0.25, 0.3) is 0 Å². The lowest BCUT2D eigenvalue weighted by Gasteiger charge is -2.31. The van der Waals surface area contributed by atoms with Gasteiger partial charge in [0, 0.05) is 44.8 Å². The first-order valence-corrected chi connectivity index (χ1v) is 9.32. The SMILES string of the molecule is CCOC(=O)N1CCC(NC(N)=NCCCOCC2CCOC2)CC1.I. The lowest BCUT2D eigenvalue weighted by Crippen LogP contribution is -2.48. The monoisotopic (exact) mass is 484 g/mol. The van der Waals surface area contributed by atoms with Crippen molar-refractivity contribution in [3.63, 3.8) is 0 Å². The summed E-state index contributed by atoms with van der Waals surface area (Å²) < 4.78 is 16.0. The van der Waals surface area contributed by atoms with Crippen molar-refractivity contribution in [1.82, 2.24) is 10.2 Å². The fourth-order valence-corrected chi connectivity index (χ4v) is 3.01. The molecule has 2 aliphatic heterocycles. The summed E-state index contributed by atoms with van der Waals surface area (Å²) in [5.74, 6) is 1.02. The highest BCUT2D eigenvalue weighted by atomic mass is 127. The van der Waals surface area contributed by atoms with Crippen LogP contribution in [0.25, 0.3) is 0 Å². The molecule has 2 saturated heterocycles. The van der Waals surface area contributed by atoms with Crippen LogP contribution in [-0.2, 0) is 14.2 Å². The van der Waals surface area contributed by atoms with Crippen LogP contribution < -0.4 is 11.1 Å². The molecule has 0 aromatic heterocycles. The van der Waals surface area contributed by atoms with Gasteiger partial charge in [0.2, 0.25) is 0 Å². The second-order valence-electron chi connectivity index (χ2n) is 6.53. The average Bonchev–Trinajstić information content (AvgIpc) is 3.12. The molecule has 26 heavy (non-hydrogen) atoms. The molecule has 1 atom stereocenters. The summed E-state index contributed by atoms with van der Waals surface area (Å²) in [4.78, 5) is 17.7. The third-order valence-corrected chi connectivity index (χ3v) is 4.48. The third kappa shape index (κ3) is 8.72. The van der Waals surface area contributed by atoms with Crippen LogP contribution in [0.4, 0.5) is 4.79 Å². The molecule has 0 bridgehead atoms.